The van der Waals surface area contributed by atoms with Gasteiger partial charge in [-0.1, -0.05) is 36.7 Å². The first-order valence-electron chi connectivity index (χ1n) is 20.2. The standard InChI is InChI=1S/C40H56ClN3O5S.C2HF3O2/c1-6-44(7-2,8-3)21-22-48-37-13-9-11-28(4)29(5)50(46,47)42-39(45)31-15-19-38-36(24-31)43(25-32-14-17-34(32)37)26-40(27-49-38)20-10-12-30-23-33(41)16-18-35(30)40;3-2(4,5)1(6)7/h9,13,15-16,18-19,23-24,28-29,32,34,37H,6-8,10-12,14,17,20-22,25-27H2,1-5H3;(H,6,7)/b13-9+;/t28-,29+,32-,34+,37-,40-;/m0./s1. The van der Waals surface area contributed by atoms with Crippen LogP contribution in [0.15, 0.2) is 48.6 Å². The number of hydrogen-bond acceptors (Lipinski definition) is 8. The number of carboxylic acids is 1. The van der Waals surface area contributed by atoms with Crippen LogP contribution in [0, 0.1) is 17.8 Å². The van der Waals surface area contributed by atoms with Crippen LogP contribution in [0.5, 0.6) is 5.75 Å². The van der Waals surface area contributed by atoms with E-state index in [1.165, 1.54) is 11.1 Å². The summed E-state index contributed by atoms with van der Waals surface area (Å²) in [5, 5.41) is 8.78. The molecule has 4 aliphatic rings. The van der Waals surface area contributed by atoms with Crippen molar-refractivity contribution in [1.82, 2.24) is 4.72 Å². The van der Waals surface area contributed by atoms with E-state index >= 15 is 0 Å². The Morgan fingerprint density at radius 2 is 1.81 bits per heavy atom. The summed E-state index contributed by atoms with van der Waals surface area (Å²) >= 11 is 6.47. The van der Waals surface area contributed by atoms with Gasteiger partial charge in [0.2, 0.25) is 10.0 Å². The van der Waals surface area contributed by atoms with Crippen LogP contribution in [0.1, 0.15) is 88.2 Å². The summed E-state index contributed by atoms with van der Waals surface area (Å²) in [4.78, 5) is 24.8. The van der Waals surface area contributed by atoms with Gasteiger partial charge in [-0.05, 0) is 125 Å². The van der Waals surface area contributed by atoms with Crippen molar-refractivity contribution >= 4 is 39.2 Å². The van der Waals surface area contributed by atoms with Gasteiger partial charge in [-0.2, -0.15) is 13.2 Å². The third-order valence-electron chi connectivity index (χ3n) is 13.1. The van der Waals surface area contributed by atoms with Crippen molar-refractivity contribution in [3.63, 3.8) is 0 Å². The lowest BCUT2D eigenvalue weighted by Crippen LogP contribution is -2.51. The highest BCUT2D eigenvalue weighted by Gasteiger charge is 2.45. The van der Waals surface area contributed by atoms with E-state index in [1.54, 1.807) is 13.0 Å². The number of quaternary nitrogens is 1. The van der Waals surface area contributed by atoms with E-state index < -0.39 is 33.3 Å². The number of amides is 1. The van der Waals surface area contributed by atoms with Gasteiger partial charge in [0, 0.05) is 29.1 Å². The van der Waals surface area contributed by atoms with Gasteiger partial charge < -0.3 is 28.8 Å². The Morgan fingerprint density at radius 3 is 2.44 bits per heavy atom. The minimum Gasteiger partial charge on any atom is -0.542 e. The van der Waals surface area contributed by atoms with Crippen molar-refractivity contribution in [1.29, 1.82) is 0 Å². The molecule has 1 N–H and O–H groups in total. The van der Waals surface area contributed by atoms with Crippen LogP contribution in [-0.2, 0) is 31.4 Å². The summed E-state index contributed by atoms with van der Waals surface area (Å²) in [5.74, 6) is -2.34. The number of anilines is 1. The number of carbonyl (C=O) groups is 2. The van der Waals surface area contributed by atoms with E-state index in [-0.39, 0.29) is 17.4 Å². The Labute approximate surface area is 340 Å². The van der Waals surface area contributed by atoms with Crippen molar-refractivity contribution in [3.05, 3.63) is 70.3 Å². The molecule has 2 heterocycles. The lowest BCUT2D eigenvalue weighted by Gasteiger charge is -2.46. The SMILES string of the molecule is CC[N+](CC)(CC)CCO[C@H]1/C=C/C[C@H](C)[C@@H](C)S(=O)(=O)NC(=O)c2ccc3c(c2)N(C[C@@H]2CC[C@H]21)C[C@@]1(CCCc2cc(Cl)ccc21)CO3.O=C([O-])C(F)(F)F. The van der Waals surface area contributed by atoms with Gasteiger partial charge in [0.25, 0.3) is 5.91 Å². The van der Waals surface area contributed by atoms with E-state index in [0.717, 1.165) is 92.3 Å². The number of ether oxygens (including phenoxy) is 2. The smallest absolute Gasteiger partial charge is 0.430 e. The minimum atomic E-state index is -5.19. The average Bonchev–Trinajstić information content (AvgIpc) is 3.30. The number of rotatable bonds is 7. The van der Waals surface area contributed by atoms with E-state index in [1.807, 2.05) is 25.1 Å². The number of likely N-dealkylation sites (N-methyl/N-ethyl adjacent to an activating group) is 1. The third-order valence-corrected chi connectivity index (χ3v) is 15.3. The zero-order valence-electron chi connectivity index (χ0n) is 33.6. The molecule has 1 fully saturated rings. The number of carboxylic acid groups (broad SMARTS) is 1. The molecule has 2 aromatic carbocycles. The van der Waals surface area contributed by atoms with Crippen LogP contribution in [-0.4, -0.2) is 94.8 Å². The number of carbonyl (C=O) groups excluding carboxylic acids is 2. The molecule has 0 saturated heterocycles. The van der Waals surface area contributed by atoms with Crippen molar-refractivity contribution in [2.45, 2.75) is 96.1 Å². The molecule has 6 rings (SSSR count). The van der Waals surface area contributed by atoms with Crippen LogP contribution in [0.4, 0.5) is 18.9 Å². The molecule has 15 heteroatoms. The molecule has 2 aliphatic carbocycles. The van der Waals surface area contributed by atoms with E-state index in [2.05, 4.69) is 54.7 Å². The zero-order chi connectivity index (χ0) is 41.8. The van der Waals surface area contributed by atoms with Gasteiger partial charge in [0.1, 0.15) is 18.3 Å². The summed E-state index contributed by atoms with van der Waals surface area (Å²) in [7, 11) is -3.92. The summed E-state index contributed by atoms with van der Waals surface area (Å²) in [5.41, 5.74) is 3.49. The number of benzene rings is 2. The van der Waals surface area contributed by atoms with E-state index in [4.69, 9.17) is 31.0 Å². The number of sulfonamides is 1. The first-order valence-corrected chi connectivity index (χ1v) is 22.1. The number of allylic oxidation sites excluding steroid dienone is 1. The Morgan fingerprint density at radius 1 is 1.11 bits per heavy atom. The molecule has 6 atom stereocenters. The molecule has 316 valence electrons. The quantitative estimate of drug-likeness (QED) is 0.250. The van der Waals surface area contributed by atoms with Crippen LogP contribution in [0.2, 0.25) is 5.02 Å². The first kappa shape index (κ1) is 44.8. The predicted octanol–water partition coefficient (Wildman–Crippen LogP) is 6.44. The Bertz CT molecular complexity index is 1880. The third kappa shape index (κ3) is 10.3. The van der Waals surface area contributed by atoms with Gasteiger partial charge >= 0.3 is 6.18 Å². The van der Waals surface area contributed by atoms with Gasteiger partial charge in [0.15, 0.2) is 0 Å². The molecular formula is C42H57ClF3N3O7S. The lowest BCUT2D eigenvalue weighted by molar-refractivity contribution is -0.923. The predicted molar refractivity (Wildman–Crippen MR) is 213 cm³/mol. The molecular weight excluding hydrogens is 783 g/mol. The Hall–Kier alpha value is -3.33. The fourth-order valence-corrected chi connectivity index (χ4v) is 10.3. The maximum atomic E-state index is 13.6. The van der Waals surface area contributed by atoms with Gasteiger partial charge in [-0.15, -0.1) is 0 Å². The van der Waals surface area contributed by atoms with Gasteiger partial charge in [-0.25, -0.2) is 13.1 Å². The number of nitrogens with zero attached hydrogens (tertiary/aromatic N) is 2. The molecule has 1 amide bonds. The number of aryl methyl sites for hydroxylation is 1. The molecule has 0 radical (unpaired) electrons. The summed E-state index contributed by atoms with van der Waals surface area (Å²) < 4.78 is 75.4. The van der Waals surface area contributed by atoms with Crippen LogP contribution in [0.25, 0.3) is 0 Å². The Kier molecular flexibility index (Phi) is 14.4. The molecule has 1 spiro atoms. The van der Waals surface area contributed by atoms with Gasteiger partial charge in [0.05, 0.1) is 49.9 Å². The van der Waals surface area contributed by atoms with Crippen LogP contribution < -0.4 is 19.5 Å². The fraction of sp³-hybridized carbons (Fsp3) is 0.619. The number of halogens is 4. The highest BCUT2D eigenvalue weighted by molar-refractivity contribution is 7.90. The first-order chi connectivity index (χ1) is 26.9. The molecule has 57 heavy (non-hydrogen) atoms. The second-order valence-electron chi connectivity index (χ2n) is 16.2. The van der Waals surface area contributed by atoms with E-state index in [9.17, 15) is 26.4 Å². The maximum absolute atomic E-state index is 13.6. The van der Waals surface area contributed by atoms with Crippen molar-refractivity contribution in [2.24, 2.45) is 17.8 Å². The van der Waals surface area contributed by atoms with Crippen LogP contribution in [0.3, 0.4) is 0 Å². The molecule has 2 aromatic rings. The summed E-state index contributed by atoms with van der Waals surface area (Å²) in [6.45, 7) is 17.4. The number of alkyl halides is 3. The zero-order valence-corrected chi connectivity index (χ0v) is 35.1. The molecule has 2 aliphatic heterocycles. The largest absolute Gasteiger partial charge is 0.542 e. The normalized spacial score (nSPS) is 27.9. The lowest BCUT2D eigenvalue weighted by atomic mass is 9.68. The topological polar surface area (TPSA) is 125 Å². The molecule has 0 aromatic heterocycles. The van der Waals surface area contributed by atoms with Gasteiger partial charge in [-0.3, -0.25) is 4.79 Å². The van der Waals surface area contributed by atoms with Crippen molar-refractivity contribution in [2.75, 3.05) is 57.4 Å². The minimum absolute atomic E-state index is 0.0477. The van der Waals surface area contributed by atoms with Crippen molar-refractivity contribution in [3.8, 4) is 5.75 Å². The van der Waals surface area contributed by atoms with E-state index in [0.29, 0.717) is 37.0 Å². The fourth-order valence-electron chi connectivity index (χ4n) is 8.85. The number of hydrogen-bond donors (Lipinski definition) is 1. The average molecular weight is 840 g/mol. The monoisotopic (exact) mass is 839 g/mol. The summed E-state index contributed by atoms with van der Waals surface area (Å²) in [6.07, 6.45) is 4.88. The summed E-state index contributed by atoms with van der Waals surface area (Å²) in [6, 6.07) is 11.6. The molecule has 0 unspecified atom stereocenters. The number of fused-ring (bicyclic) bond motifs is 4. The highest BCUT2D eigenvalue weighted by atomic mass is 35.5. The highest BCUT2D eigenvalue weighted by Crippen LogP contribution is 2.47. The van der Waals surface area contributed by atoms with Crippen molar-refractivity contribution < 1.29 is 50.2 Å². The second-order valence-corrected chi connectivity index (χ2v) is 18.7. The molecule has 1 saturated carbocycles. The molecule has 10 nitrogen and oxygen atoms in total. The number of aliphatic carboxylic acids is 1. The number of nitrogens with one attached hydrogen (secondary N) is 1. The molecule has 2 bridgehead atoms. The second kappa shape index (κ2) is 18.3. The van der Waals surface area contributed by atoms with Crippen LogP contribution >= 0.6 is 11.6 Å². The Balaban J connectivity index is 0.000000811. The maximum Gasteiger partial charge on any atom is 0.430 e.